The highest BCUT2D eigenvalue weighted by atomic mass is 16.2. The number of nitrogens with two attached hydrogens (primary N) is 1. The highest BCUT2D eigenvalue weighted by Crippen LogP contribution is 2.08. The molecule has 20 heavy (non-hydrogen) atoms. The van der Waals surface area contributed by atoms with E-state index in [2.05, 4.69) is 16.1 Å². The van der Waals surface area contributed by atoms with Crippen LogP contribution in [-0.2, 0) is 4.79 Å². The summed E-state index contributed by atoms with van der Waals surface area (Å²) < 4.78 is 0. The number of rotatable bonds is 6. The molecule has 1 aromatic carbocycles. The molecule has 0 aliphatic carbocycles. The molecular weight excluding hydrogens is 256 g/mol. The molecule has 6 nitrogen and oxygen atoms in total. The van der Waals surface area contributed by atoms with Crippen molar-refractivity contribution in [3.8, 4) is 0 Å². The second-order valence-corrected chi connectivity index (χ2v) is 5.06. The lowest BCUT2D eigenvalue weighted by Crippen LogP contribution is -2.45. The van der Waals surface area contributed by atoms with Gasteiger partial charge in [-0.15, -0.1) is 0 Å². The van der Waals surface area contributed by atoms with E-state index in [4.69, 9.17) is 5.84 Å². The fourth-order valence-corrected chi connectivity index (χ4v) is 1.52. The van der Waals surface area contributed by atoms with Crippen LogP contribution in [0.15, 0.2) is 24.3 Å². The first-order valence-electron chi connectivity index (χ1n) is 6.59. The summed E-state index contributed by atoms with van der Waals surface area (Å²) in [6.45, 7) is 6.27. The van der Waals surface area contributed by atoms with E-state index in [9.17, 15) is 9.59 Å². The molecule has 6 heteroatoms. The van der Waals surface area contributed by atoms with Crippen LogP contribution in [0.3, 0.4) is 0 Å². The van der Waals surface area contributed by atoms with Gasteiger partial charge in [0.2, 0.25) is 5.91 Å². The van der Waals surface area contributed by atoms with Crippen LogP contribution in [0.4, 0.5) is 5.69 Å². The first kappa shape index (κ1) is 16.0. The molecule has 0 saturated carbocycles. The predicted octanol–water partition coefficient (Wildman–Crippen LogP) is 0.863. The van der Waals surface area contributed by atoms with E-state index in [1.165, 1.54) is 0 Å². The van der Waals surface area contributed by atoms with Crippen molar-refractivity contribution in [3.05, 3.63) is 29.8 Å². The van der Waals surface area contributed by atoms with Crippen molar-refractivity contribution in [1.82, 2.24) is 10.6 Å². The molecule has 0 bridgehead atoms. The number of hydrogen-bond acceptors (Lipinski definition) is 4. The minimum Gasteiger partial charge on any atom is -0.354 e. The number of benzene rings is 1. The Morgan fingerprint density at radius 2 is 1.75 bits per heavy atom. The van der Waals surface area contributed by atoms with E-state index in [1.807, 2.05) is 13.8 Å². The largest absolute Gasteiger partial charge is 0.354 e. The Morgan fingerprint density at radius 1 is 1.15 bits per heavy atom. The summed E-state index contributed by atoms with van der Waals surface area (Å²) in [7, 11) is 0. The summed E-state index contributed by atoms with van der Waals surface area (Å²) in [5.74, 6) is 5.15. The van der Waals surface area contributed by atoms with Crippen LogP contribution in [0.25, 0.3) is 0 Å². The van der Waals surface area contributed by atoms with Gasteiger partial charge in [-0.05, 0) is 37.1 Å². The van der Waals surface area contributed by atoms with Crippen molar-refractivity contribution in [2.75, 3.05) is 12.0 Å². The smallest absolute Gasteiger partial charge is 0.251 e. The van der Waals surface area contributed by atoms with Gasteiger partial charge < -0.3 is 16.1 Å². The Morgan fingerprint density at radius 3 is 2.25 bits per heavy atom. The number of nitrogens with one attached hydrogen (secondary N) is 3. The summed E-state index contributed by atoms with van der Waals surface area (Å²) in [5.41, 5.74) is 3.68. The third-order valence-corrected chi connectivity index (χ3v) is 2.74. The lowest BCUT2D eigenvalue weighted by Gasteiger charge is -2.15. The Hall–Kier alpha value is -2.08. The Kier molecular flexibility index (Phi) is 5.99. The molecule has 1 rings (SSSR count). The fourth-order valence-electron chi connectivity index (χ4n) is 1.52. The molecule has 110 valence electrons. The van der Waals surface area contributed by atoms with Crippen LogP contribution in [-0.4, -0.2) is 24.4 Å². The van der Waals surface area contributed by atoms with Gasteiger partial charge in [0.1, 0.15) is 6.04 Å². The van der Waals surface area contributed by atoms with Crippen molar-refractivity contribution in [2.45, 2.75) is 26.8 Å². The van der Waals surface area contributed by atoms with Gasteiger partial charge >= 0.3 is 0 Å². The average Bonchev–Trinajstić information content (AvgIpc) is 2.44. The van der Waals surface area contributed by atoms with Crippen LogP contribution >= 0.6 is 0 Å². The maximum absolute atomic E-state index is 12.0. The van der Waals surface area contributed by atoms with Gasteiger partial charge in [-0.3, -0.25) is 15.4 Å². The third-order valence-electron chi connectivity index (χ3n) is 2.74. The lowest BCUT2D eigenvalue weighted by atomic mass is 10.1. The van der Waals surface area contributed by atoms with Crippen molar-refractivity contribution >= 4 is 17.5 Å². The molecule has 0 aliphatic rings. The Bertz CT molecular complexity index is 457. The van der Waals surface area contributed by atoms with Crippen molar-refractivity contribution in [2.24, 2.45) is 11.8 Å². The molecule has 0 fully saturated rings. The second-order valence-electron chi connectivity index (χ2n) is 5.06. The molecule has 5 N–H and O–H groups in total. The third kappa shape index (κ3) is 4.89. The van der Waals surface area contributed by atoms with Gasteiger partial charge in [0.15, 0.2) is 0 Å². The van der Waals surface area contributed by atoms with Gasteiger partial charge in [-0.1, -0.05) is 13.8 Å². The number of carbonyl (C=O) groups is 2. The number of nitrogen functional groups attached to an aromatic ring is 1. The van der Waals surface area contributed by atoms with E-state index in [0.29, 0.717) is 23.7 Å². The summed E-state index contributed by atoms with van der Waals surface area (Å²) in [6, 6.07) is 6.09. The molecule has 1 aromatic rings. The van der Waals surface area contributed by atoms with E-state index in [0.717, 1.165) is 0 Å². The van der Waals surface area contributed by atoms with Crippen LogP contribution in [0, 0.1) is 5.92 Å². The molecule has 0 spiro atoms. The highest BCUT2D eigenvalue weighted by molar-refractivity contribution is 5.97. The molecule has 0 saturated heterocycles. The zero-order chi connectivity index (χ0) is 15.1. The van der Waals surface area contributed by atoms with Crippen molar-refractivity contribution in [3.63, 3.8) is 0 Å². The van der Waals surface area contributed by atoms with Gasteiger partial charge in [0.05, 0.1) is 0 Å². The van der Waals surface area contributed by atoms with Gasteiger partial charge in [-0.25, -0.2) is 0 Å². The van der Waals surface area contributed by atoms with Crippen LogP contribution in [0.1, 0.15) is 31.1 Å². The summed E-state index contributed by atoms with van der Waals surface area (Å²) in [6.07, 6.45) is 0. The van der Waals surface area contributed by atoms with Crippen molar-refractivity contribution < 1.29 is 9.59 Å². The van der Waals surface area contributed by atoms with E-state index in [-0.39, 0.29) is 11.8 Å². The number of hydrazine groups is 1. The quantitative estimate of drug-likeness (QED) is 0.458. The zero-order valence-corrected chi connectivity index (χ0v) is 12.1. The van der Waals surface area contributed by atoms with Crippen LogP contribution in [0.5, 0.6) is 0 Å². The number of hydrogen-bond donors (Lipinski definition) is 4. The maximum Gasteiger partial charge on any atom is 0.251 e. The number of anilines is 1. The summed E-state index contributed by atoms with van der Waals surface area (Å²) in [5, 5.41) is 5.43. The normalized spacial score (nSPS) is 11.8. The van der Waals surface area contributed by atoms with Crippen LogP contribution in [0.2, 0.25) is 0 Å². The van der Waals surface area contributed by atoms with Gasteiger partial charge in [0, 0.05) is 17.8 Å². The minimum absolute atomic E-state index is 0.188. The second kappa shape index (κ2) is 7.49. The molecule has 0 heterocycles. The fraction of sp³-hybridized carbons (Fsp3) is 0.429. The minimum atomic E-state index is -0.575. The van der Waals surface area contributed by atoms with Crippen molar-refractivity contribution in [1.29, 1.82) is 0 Å². The molecule has 2 amide bonds. The molecule has 1 atom stereocenters. The Labute approximate surface area is 119 Å². The van der Waals surface area contributed by atoms with Gasteiger partial charge in [-0.2, -0.15) is 0 Å². The monoisotopic (exact) mass is 278 g/mol. The predicted molar refractivity (Wildman–Crippen MR) is 79.0 cm³/mol. The highest BCUT2D eigenvalue weighted by Gasteiger charge is 2.16. The summed E-state index contributed by atoms with van der Waals surface area (Å²) >= 11 is 0. The lowest BCUT2D eigenvalue weighted by molar-refractivity contribution is -0.122. The topological polar surface area (TPSA) is 96.2 Å². The van der Waals surface area contributed by atoms with Crippen LogP contribution < -0.4 is 21.9 Å². The SMILES string of the molecule is CC(C)CNC(=O)C(C)NC(=O)c1ccc(NN)cc1. The molecule has 0 aromatic heterocycles. The first-order valence-corrected chi connectivity index (χ1v) is 6.59. The van der Waals surface area contributed by atoms with E-state index >= 15 is 0 Å². The average molecular weight is 278 g/mol. The molecule has 1 unspecified atom stereocenters. The number of amides is 2. The summed E-state index contributed by atoms with van der Waals surface area (Å²) in [4.78, 5) is 23.7. The van der Waals surface area contributed by atoms with E-state index in [1.54, 1.807) is 31.2 Å². The molecule has 0 radical (unpaired) electrons. The first-order chi connectivity index (χ1) is 9.43. The van der Waals surface area contributed by atoms with Gasteiger partial charge in [0.25, 0.3) is 5.91 Å². The molecule has 0 aliphatic heterocycles. The standard InChI is InChI=1S/C14H22N4O2/c1-9(2)8-16-13(19)10(3)17-14(20)11-4-6-12(18-15)7-5-11/h4-7,9-10,18H,8,15H2,1-3H3,(H,16,19)(H,17,20). The number of carbonyl (C=O) groups excluding carboxylic acids is 2. The Balaban J connectivity index is 2.53. The molecular formula is C14H22N4O2. The zero-order valence-electron chi connectivity index (χ0n) is 12.1. The van der Waals surface area contributed by atoms with E-state index < -0.39 is 6.04 Å². The maximum atomic E-state index is 12.0.